The number of benzene rings is 2. The lowest BCUT2D eigenvalue weighted by Crippen LogP contribution is -2.14. The summed E-state index contributed by atoms with van der Waals surface area (Å²) in [6.45, 7) is 0. The normalized spacial score (nSPS) is 10.5. The van der Waals surface area contributed by atoms with Gasteiger partial charge in [-0.1, -0.05) is 45.1 Å². The van der Waals surface area contributed by atoms with Crippen molar-refractivity contribution in [2.45, 2.75) is 4.34 Å². The van der Waals surface area contributed by atoms with Crippen LogP contribution in [0.3, 0.4) is 0 Å². The molecule has 2 N–H and O–H groups in total. The lowest BCUT2D eigenvalue weighted by Gasteiger charge is -2.12. The molecule has 27 heavy (non-hydrogen) atoms. The first-order valence-electron chi connectivity index (χ1n) is 8.06. The number of aromatic nitrogens is 2. The van der Waals surface area contributed by atoms with Crippen molar-refractivity contribution in [3.05, 3.63) is 53.0 Å². The SMILES string of the molecule is CN(C)c1ccc(NC(=O)CSc2nnc(Nc3cccc(Br)c3)s2)cc1. The van der Waals surface area contributed by atoms with Gasteiger partial charge in [0.1, 0.15) is 0 Å². The molecule has 0 saturated carbocycles. The Morgan fingerprint density at radius 1 is 1.15 bits per heavy atom. The number of amides is 1. The zero-order valence-electron chi connectivity index (χ0n) is 14.8. The second-order valence-electron chi connectivity index (χ2n) is 5.79. The van der Waals surface area contributed by atoms with Gasteiger partial charge in [-0.2, -0.15) is 0 Å². The predicted molar refractivity (Wildman–Crippen MR) is 117 cm³/mol. The van der Waals surface area contributed by atoms with E-state index in [9.17, 15) is 4.79 Å². The summed E-state index contributed by atoms with van der Waals surface area (Å²) in [6, 6.07) is 15.5. The minimum absolute atomic E-state index is 0.0747. The molecule has 6 nitrogen and oxygen atoms in total. The van der Waals surface area contributed by atoms with E-state index in [1.165, 1.54) is 23.1 Å². The Balaban J connectivity index is 1.49. The van der Waals surface area contributed by atoms with Crippen molar-refractivity contribution in [3.63, 3.8) is 0 Å². The molecule has 0 aliphatic heterocycles. The number of anilines is 4. The highest BCUT2D eigenvalue weighted by Gasteiger charge is 2.09. The molecule has 3 aromatic rings. The maximum atomic E-state index is 12.1. The summed E-state index contributed by atoms with van der Waals surface area (Å²) in [5.41, 5.74) is 2.79. The van der Waals surface area contributed by atoms with E-state index in [0.717, 1.165) is 25.9 Å². The molecule has 1 heterocycles. The van der Waals surface area contributed by atoms with E-state index in [1.807, 2.05) is 67.5 Å². The molecule has 0 unspecified atom stereocenters. The van der Waals surface area contributed by atoms with Crippen LogP contribution in [0.5, 0.6) is 0 Å². The van der Waals surface area contributed by atoms with Gasteiger partial charge in [0, 0.05) is 35.6 Å². The maximum Gasteiger partial charge on any atom is 0.234 e. The molecule has 0 bridgehead atoms. The lowest BCUT2D eigenvalue weighted by atomic mass is 10.2. The van der Waals surface area contributed by atoms with E-state index in [1.54, 1.807) is 0 Å². The standard InChI is InChI=1S/C18H18BrN5OS2/c1-24(2)15-8-6-13(7-9-15)20-16(25)11-26-18-23-22-17(27-18)21-14-5-3-4-12(19)10-14/h3-10H,11H2,1-2H3,(H,20,25)(H,21,22). The van der Waals surface area contributed by atoms with Crippen molar-refractivity contribution in [3.8, 4) is 0 Å². The van der Waals surface area contributed by atoms with Gasteiger partial charge in [0.2, 0.25) is 11.0 Å². The van der Waals surface area contributed by atoms with E-state index in [2.05, 4.69) is 36.8 Å². The molecule has 0 saturated heterocycles. The minimum atomic E-state index is -0.0747. The lowest BCUT2D eigenvalue weighted by molar-refractivity contribution is -0.113. The van der Waals surface area contributed by atoms with Crippen molar-refractivity contribution < 1.29 is 4.79 Å². The van der Waals surface area contributed by atoms with Crippen LogP contribution in [0.1, 0.15) is 0 Å². The number of nitrogens with zero attached hydrogens (tertiary/aromatic N) is 3. The minimum Gasteiger partial charge on any atom is -0.378 e. The highest BCUT2D eigenvalue weighted by Crippen LogP contribution is 2.28. The zero-order chi connectivity index (χ0) is 19.2. The van der Waals surface area contributed by atoms with Crippen LogP contribution in [0.2, 0.25) is 0 Å². The summed E-state index contributed by atoms with van der Waals surface area (Å²) in [5, 5.41) is 15.0. The molecule has 140 valence electrons. The number of halogens is 1. The molecular formula is C18H18BrN5OS2. The summed E-state index contributed by atoms with van der Waals surface area (Å²) < 4.78 is 1.73. The van der Waals surface area contributed by atoms with Gasteiger partial charge in [0.25, 0.3) is 0 Å². The van der Waals surface area contributed by atoms with Gasteiger partial charge in [0.15, 0.2) is 4.34 Å². The summed E-state index contributed by atoms with van der Waals surface area (Å²) in [6.07, 6.45) is 0. The quantitative estimate of drug-likeness (QED) is 0.488. The average molecular weight is 464 g/mol. The highest BCUT2D eigenvalue weighted by molar-refractivity contribution is 9.10. The van der Waals surface area contributed by atoms with Gasteiger partial charge >= 0.3 is 0 Å². The first-order valence-corrected chi connectivity index (χ1v) is 10.7. The number of carbonyl (C=O) groups excluding carboxylic acids is 1. The van der Waals surface area contributed by atoms with Gasteiger partial charge < -0.3 is 15.5 Å². The Morgan fingerprint density at radius 3 is 2.63 bits per heavy atom. The Labute approximate surface area is 174 Å². The van der Waals surface area contributed by atoms with E-state index in [-0.39, 0.29) is 11.7 Å². The third kappa shape index (κ3) is 5.95. The van der Waals surface area contributed by atoms with Crippen molar-refractivity contribution in [1.29, 1.82) is 0 Å². The van der Waals surface area contributed by atoms with Crippen LogP contribution in [0.25, 0.3) is 0 Å². The van der Waals surface area contributed by atoms with Crippen LogP contribution in [0.15, 0.2) is 57.3 Å². The molecule has 0 radical (unpaired) electrons. The molecule has 0 aliphatic rings. The molecular weight excluding hydrogens is 446 g/mol. The Bertz CT molecular complexity index is 914. The second-order valence-corrected chi connectivity index (χ2v) is 8.90. The summed E-state index contributed by atoms with van der Waals surface area (Å²) >= 11 is 6.22. The summed E-state index contributed by atoms with van der Waals surface area (Å²) in [5.74, 6) is 0.204. The van der Waals surface area contributed by atoms with Gasteiger partial charge in [-0.3, -0.25) is 4.79 Å². The Kier molecular flexibility index (Phi) is 6.70. The fourth-order valence-electron chi connectivity index (χ4n) is 2.18. The largest absolute Gasteiger partial charge is 0.378 e. The molecule has 0 aliphatic carbocycles. The highest BCUT2D eigenvalue weighted by atomic mass is 79.9. The van der Waals surface area contributed by atoms with Crippen LogP contribution < -0.4 is 15.5 Å². The maximum absolute atomic E-state index is 12.1. The number of thioether (sulfide) groups is 1. The summed E-state index contributed by atoms with van der Waals surface area (Å²) in [4.78, 5) is 14.1. The third-order valence-electron chi connectivity index (χ3n) is 3.48. The van der Waals surface area contributed by atoms with Crippen molar-refractivity contribution in [1.82, 2.24) is 10.2 Å². The molecule has 0 fully saturated rings. The van der Waals surface area contributed by atoms with Gasteiger partial charge in [-0.15, -0.1) is 10.2 Å². The van der Waals surface area contributed by atoms with E-state index in [4.69, 9.17) is 0 Å². The molecule has 9 heteroatoms. The monoisotopic (exact) mass is 463 g/mol. The van der Waals surface area contributed by atoms with Crippen molar-refractivity contribution >= 4 is 67.1 Å². The number of carbonyl (C=O) groups is 1. The topological polar surface area (TPSA) is 70.2 Å². The number of hydrogen-bond donors (Lipinski definition) is 2. The van der Waals surface area contributed by atoms with Crippen LogP contribution in [0.4, 0.5) is 22.2 Å². The molecule has 0 atom stereocenters. The number of rotatable bonds is 7. The molecule has 1 aromatic heterocycles. The van der Waals surface area contributed by atoms with Crippen LogP contribution in [-0.2, 0) is 4.79 Å². The van der Waals surface area contributed by atoms with Gasteiger partial charge in [0.05, 0.1) is 5.75 Å². The van der Waals surface area contributed by atoms with E-state index in [0.29, 0.717) is 5.13 Å². The van der Waals surface area contributed by atoms with Crippen molar-refractivity contribution in [2.24, 2.45) is 0 Å². The van der Waals surface area contributed by atoms with Crippen LogP contribution in [0, 0.1) is 0 Å². The Hall–Kier alpha value is -2.10. The molecule has 2 aromatic carbocycles. The Morgan fingerprint density at radius 2 is 1.93 bits per heavy atom. The zero-order valence-corrected chi connectivity index (χ0v) is 18.0. The first-order chi connectivity index (χ1) is 13.0. The summed E-state index contributed by atoms with van der Waals surface area (Å²) in [7, 11) is 3.96. The fraction of sp³-hybridized carbons (Fsp3) is 0.167. The average Bonchev–Trinajstić information content (AvgIpc) is 3.08. The second kappa shape index (κ2) is 9.20. The van der Waals surface area contributed by atoms with Gasteiger partial charge in [-0.25, -0.2) is 0 Å². The first kappa shape index (κ1) is 19.7. The molecule has 3 rings (SSSR count). The number of nitrogens with one attached hydrogen (secondary N) is 2. The fourth-order valence-corrected chi connectivity index (χ4v) is 4.15. The number of hydrogen-bond acceptors (Lipinski definition) is 7. The van der Waals surface area contributed by atoms with Crippen molar-refractivity contribution in [2.75, 3.05) is 35.4 Å². The third-order valence-corrected chi connectivity index (χ3v) is 5.94. The smallest absolute Gasteiger partial charge is 0.234 e. The van der Waals surface area contributed by atoms with E-state index >= 15 is 0 Å². The molecule has 1 amide bonds. The predicted octanol–water partition coefficient (Wildman–Crippen LogP) is 4.84. The van der Waals surface area contributed by atoms with Gasteiger partial charge in [-0.05, 0) is 42.5 Å². The molecule has 0 spiro atoms. The van der Waals surface area contributed by atoms with Crippen LogP contribution in [-0.4, -0.2) is 36.0 Å². The van der Waals surface area contributed by atoms with Crippen LogP contribution >= 0.6 is 39.0 Å². The van der Waals surface area contributed by atoms with E-state index < -0.39 is 0 Å².